The van der Waals surface area contributed by atoms with Crippen LogP contribution in [0, 0.1) is 6.92 Å². The van der Waals surface area contributed by atoms with E-state index in [-0.39, 0.29) is 17.9 Å². The summed E-state index contributed by atoms with van der Waals surface area (Å²) in [4.78, 5) is 24.1. The van der Waals surface area contributed by atoms with Gasteiger partial charge in [-0.15, -0.1) is 0 Å². The number of fused-ring (bicyclic) bond motifs is 1. The van der Waals surface area contributed by atoms with E-state index in [0.717, 1.165) is 11.1 Å². The number of aliphatic hydroxyl groups excluding tert-OH is 1. The fourth-order valence-corrected chi connectivity index (χ4v) is 3.20. The van der Waals surface area contributed by atoms with Crippen molar-refractivity contribution in [2.45, 2.75) is 27.3 Å². The van der Waals surface area contributed by atoms with E-state index < -0.39 is 11.7 Å². The van der Waals surface area contributed by atoms with Gasteiger partial charge in [-0.3, -0.25) is 9.59 Å². The first kappa shape index (κ1) is 19.8. The molecule has 3 N–H and O–H groups in total. The summed E-state index contributed by atoms with van der Waals surface area (Å²) in [5.41, 5.74) is 7.91. The van der Waals surface area contributed by atoms with Crippen LogP contribution in [0.5, 0.6) is 5.75 Å². The van der Waals surface area contributed by atoms with Crippen LogP contribution in [0.4, 0.5) is 0 Å². The van der Waals surface area contributed by atoms with E-state index in [2.05, 4.69) is 22.5 Å². The maximum Gasteiger partial charge on any atom is 0.289 e. The van der Waals surface area contributed by atoms with Crippen LogP contribution < -0.4 is 10.5 Å². The van der Waals surface area contributed by atoms with Crippen LogP contribution in [0.15, 0.2) is 40.6 Å². The first-order chi connectivity index (χ1) is 12.2. The number of hydrogen-bond donors (Lipinski definition) is 2. The Labute approximate surface area is 160 Å². The number of rotatable bonds is 7. The minimum Gasteiger partial charge on any atom is -0.509 e. The number of nitrogens with zero attached hydrogens (tertiary/aromatic N) is 1. The Hall–Kier alpha value is -2.54. The molecular formula is C19H21BrN2O4. The standard InChI is InChI=1S/C19H21BrN2O4/c1-5-10(2)8-22-12(4)15(17(24)19(21)25)16-14(22)7-6-13(20)18(16)26-9-11(3)23/h5-7,23H,3,8-9H2,1-2,4H3,(H2,21,25)/b10-5+. The predicted molar refractivity (Wildman–Crippen MR) is 105 cm³/mol. The van der Waals surface area contributed by atoms with Crippen LogP contribution in [-0.2, 0) is 11.3 Å². The number of primary amides is 1. The predicted octanol–water partition coefficient (Wildman–Crippen LogP) is 3.80. The van der Waals surface area contributed by atoms with Crippen molar-refractivity contribution in [2.75, 3.05) is 6.61 Å². The summed E-state index contributed by atoms with van der Waals surface area (Å²) in [5.74, 6) is -1.62. The van der Waals surface area contributed by atoms with Crippen LogP contribution in [-0.4, -0.2) is 28.0 Å². The quantitative estimate of drug-likeness (QED) is 0.308. The lowest BCUT2D eigenvalue weighted by molar-refractivity contribution is -0.114. The molecule has 1 heterocycles. The molecule has 0 saturated carbocycles. The molecule has 0 fully saturated rings. The van der Waals surface area contributed by atoms with E-state index in [0.29, 0.717) is 27.8 Å². The minimum absolute atomic E-state index is 0.139. The summed E-state index contributed by atoms with van der Waals surface area (Å²) in [5, 5.41) is 9.84. The number of halogens is 1. The van der Waals surface area contributed by atoms with E-state index >= 15 is 0 Å². The molecule has 0 radical (unpaired) electrons. The van der Waals surface area contributed by atoms with Crippen molar-refractivity contribution < 1.29 is 19.4 Å². The largest absolute Gasteiger partial charge is 0.509 e. The van der Waals surface area contributed by atoms with Crippen molar-refractivity contribution in [3.05, 3.63) is 51.9 Å². The van der Waals surface area contributed by atoms with Gasteiger partial charge in [-0.1, -0.05) is 18.2 Å². The highest BCUT2D eigenvalue weighted by molar-refractivity contribution is 9.10. The second-order valence-electron chi connectivity index (χ2n) is 6.00. The number of Topliss-reactive ketones (excluding diaryl/α,β-unsaturated/α-hetero) is 1. The van der Waals surface area contributed by atoms with Gasteiger partial charge in [-0.25, -0.2) is 0 Å². The number of carbonyl (C=O) groups is 2. The highest BCUT2D eigenvalue weighted by Gasteiger charge is 2.27. The molecule has 2 rings (SSSR count). The number of ether oxygens (including phenoxy) is 1. The van der Waals surface area contributed by atoms with Gasteiger partial charge >= 0.3 is 0 Å². The third-order valence-corrected chi connectivity index (χ3v) is 4.75. The number of amides is 1. The molecule has 0 aliphatic heterocycles. The van der Waals surface area contributed by atoms with E-state index in [4.69, 9.17) is 10.5 Å². The molecular weight excluding hydrogens is 400 g/mol. The lowest BCUT2D eigenvalue weighted by atomic mass is 10.1. The molecule has 1 aromatic carbocycles. The molecule has 0 bridgehead atoms. The molecule has 0 unspecified atom stereocenters. The van der Waals surface area contributed by atoms with Crippen LogP contribution >= 0.6 is 15.9 Å². The maximum absolute atomic E-state index is 12.5. The zero-order chi connectivity index (χ0) is 19.6. The Kier molecular flexibility index (Phi) is 5.92. The maximum atomic E-state index is 12.5. The summed E-state index contributed by atoms with van der Waals surface area (Å²) >= 11 is 3.40. The first-order valence-corrected chi connectivity index (χ1v) is 8.75. The number of carbonyl (C=O) groups excluding carboxylic acids is 2. The summed E-state index contributed by atoms with van der Waals surface area (Å²) in [6.07, 6.45) is 1.98. The molecule has 0 atom stereocenters. The van der Waals surface area contributed by atoms with Crippen LogP contribution in [0.25, 0.3) is 10.9 Å². The highest BCUT2D eigenvalue weighted by Crippen LogP contribution is 2.39. The number of allylic oxidation sites excluding steroid dienone is 2. The Morgan fingerprint density at radius 2 is 2.08 bits per heavy atom. The second-order valence-corrected chi connectivity index (χ2v) is 6.85. The molecule has 7 heteroatoms. The monoisotopic (exact) mass is 420 g/mol. The van der Waals surface area contributed by atoms with Gasteiger partial charge in [0.15, 0.2) is 0 Å². The molecule has 0 saturated heterocycles. The van der Waals surface area contributed by atoms with Gasteiger partial charge in [-0.2, -0.15) is 0 Å². The van der Waals surface area contributed by atoms with Gasteiger partial charge in [0.1, 0.15) is 18.1 Å². The van der Waals surface area contributed by atoms with Crippen LogP contribution in [0.2, 0.25) is 0 Å². The molecule has 26 heavy (non-hydrogen) atoms. The molecule has 0 aliphatic rings. The average Bonchev–Trinajstić information content (AvgIpc) is 2.85. The number of ketones is 1. The third kappa shape index (κ3) is 3.67. The number of aromatic nitrogens is 1. The van der Waals surface area contributed by atoms with Crippen molar-refractivity contribution in [3.63, 3.8) is 0 Å². The summed E-state index contributed by atoms with van der Waals surface area (Å²) in [7, 11) is 0. The summed E-state index contributed by atoms with van der Waals surface area (Å²) < 4.78 is 8.18. The van der Waals surface area contributed by atoms with Crippen molar-refractivity contribution in [3.8, 4) is 5.75 Å². The normalized spacial score (nSPS) is 11.6. The van der Waals surface area contributed by atoms with E-state index in [9.17, 15) is 14.7 Å². The molecule has 2 aromatic rings. The summed E-state index contributed by atoms with van der Waals surface area (Å²) in [6.45, 7) is 9.49. The Morgan fingerprint density at radius 1 is 1.42 bits per heavy atom. The van der Waals surface area contributed by atoms with Gasteiger partial charge in [0.2, 0.25) is 0 Å². The third-order valence-electron chi connectivity index (χ3n) is 4.13. The van der Waals surface area contributed by atoms with Gasteiger partial charge in [-0.05, 0) is 48.8 Å². The number of aliphatic hydroxyl groups is 1. The van der Waals surface area contributed by atoms with Gasteiger partial charge in [0, 0.05) is 12.2 Å². The summed E-state index contributed by atoms with van der Waals surface area (Å²) in [6, 6.07) is 3.63. The zero-order valence-electron chi connectivity index (χ0n) is 14.9. The van der Waals surface area contributed by atoms with Gasteiger partial charge < -0.3 is 20.1 Å². The van der Waals surface area contributed by atoms with Crippen molar-refractivity contribution in [2.24, 2.45) is 5.73 Å². The van der Waals surface area contributed by atoms with E-state index in [1.165, 1.54) is 0 Å². The van der Waals surface area contributed by atoms with Crippen molar-refractivity contribution in [1.29, 1.82) is 0 Å². The van der Waals surface area contributed by atoms with Gasteiger partial charge in [0.05, 0.1) is 20.9 Å². The molecule has 0 aliphatic carbocycles. The molecule has 138 valence electrons. The fraction of sp³-hybridized carbons (Fsp3) is 0.263. The number of nitrogens with two attached hydrogens (primary N) is 1. The topological polar surface area (TPSA) is 94.6 Å². The highest BCUT2D eigenvalue weighted by atomic mass is 79.9. The van der Waals surface area contributed by atoms with Gasteiger partial charge in [0.25, 0.3) is 11.7 Å². The number of benzene rings is 1. The zero-order valence-corrected chi connectivity index (χ0v) is 16.5. The van der Waals surface area contributed by atoms with Crippen molar-refractivity contribution >= 4 is 38.5 Å². The smallest absolute Gasteiger partial charge is 0.289 e. The lowest BCUT2D eigenvalue weighted by Crippen LogP contribution is -2.24. The Morgan fingerprint density at radius 3 is 2.62 bits per heavy atom. The van der Waals surface area contributed by atoms with E-state index in [1.54, 1.807) is 13.0 Å². The lowest BCUT2D eigenvalue weighted by Gasteiger charge is -2.11. The minimum atomic E-state index is -1.03. The van der Waals surface area contributed by atoms with Crippen LogP contribution in [0.1, 0.15) is 29.9 Å². The fourth-order valence-electron chi connectivity index (χ4n) is 2.75. The first-order valence-electron chi connectivity index (χ1n) is 7.95. The number of hydrogen-bond acceptors (Lipinski definition) is 4. The van der Waals surface area contributed by atoms with Crippen LogP contribution in [0.3, 0.4) is 0 Å². The Bertz CT molecular complexity index is 941. The average molecular weight is 421 g/mol. The second kappa shape index (κ2) is 7.78. The molecule has 1 amide bonds. The Balaban J connectivity index is 2.85. The molecule has 6 nitrogen and oxygen atoms in total. The SMILES string of the molecule is C=C(O)COc1c(Br)ccc2c1c(C(=O)C(N)=O)c(C)n2C/C(C)=C/C. The van der Waals surface area contributed by atoms with E-state index in [1.807, 2.05) is 30.6 Å². The molecule has 0 spiro atoms. The van der Waals surface area contributed by atoms with Crippen molar-refractivity contribution in [1.82, 2.24) is 4.57 Å². The molecule has 1 aromatic heterocycles.